The molecule has 0 bridgehead atoms. The lowest BCUT2D eigenvalue weighted by atomic mass is 10.1. The molecule has 1 unspecified atom stereocenters. The average molecular weight is 277 g/mol. The zero-order valence-electron chi connectivity index (χ0n) is 11.9. The van der Waals surface area contributed by atoms with Crippen LogP contribution < -0.4 is 5.32 Å². The number of amides is 1. The maximum absolute atomic E-state index is 11.6. The Bertz CT molecular complexity index is 469. The summed E-state index contributed by atoms with van der Waals surface area (Å²) in [4.78, 5) is 33.9. The molecule has 0 radical (unpaired) electrons. The number of ketones is 2. The van der Waals surface area contributed by atoms with E-state index in [1.807, 2.05) is 0 Å². The van der Waals surface area contributed by atoms with Crippen LogP contribution in [0.1, 0.15) is 27.2 Å². The summed E-state index contributed by atoms with van der Waals surface area (Å²) < 4.78 is 5.21. The third-order valence-electron chi connectivity index (χ3n) is 2.32. The molecular weight excluding hydrogens is 258 g/mol. The zero-order valence-corrected chi connectivity index (χ0v) is 11.9. The monoisotopic (exact) mass is 277 g/mol. The van der Waals surface area contributed by atoms with Gasteiger partial charge in [0.2, 0.25) is 0 Å². The third-order valence-corrected chi connectivity index (χ3v) is 2.32. The van der Waals surface area contributed by atoms with E-state index in [1.165, 1.54) is 19.9 Å². The standard InChI is InChI=1S/C15H19NO4/c1-5-7-8-13(6-2)20-10-15(19)16-14(12(4)18)9-11(3)17/h1,6-8,14H,9-10H2,2-4H3,(H,16,19)/b8-7-,13-6+. The van der Waals surface area contributed by atoms with Gasteiger partial charge in [-0.15, -0.1) is 6.42 Å². The van der Waals surface area contributed by atoms with E-state index in [2.05, 4.69) is 11.2 Å². The Morgan fingerprint density at radius 1 is 1.35 bits per heavy atom. The first kappa shape index (κ1) is 17.6. The van der Waals surface area contributed by atoms with E-state index in [9.17, 15) is 14.4 Å². The number of carbonyl (C=O) groups excluding carboxylic acids is 3. The highest BCUT2D eigenvalue weighted by Crippen LogP contribution is 2.00. The van der Waals surface area contributed by atoms with E-state index in [0.717, 1.165) is 0 Å². The predicted octanol–water partition coefficient (Wildman–Crippen LogP) is 1.15. The number of Topliss-reactive ketones (excluding diaryl/α,β-unsaturated/α-hetero) is 2. The zero-order chi connectivity index (χ0) is 15.5. The van der Waals surface area contributed by atoms with Crippen molar-refractivity contribution in [2.45, 2.75) is 33.2 Å². The van der Waals surface area contributed by atoms with Crippen LogP contribution in [0.3, 0.4) is 0 Å². The Balaban J connectivity index is 4.40. The molecule has 0 aliphatic carbocycles. The van der Waals surface area contributed by atoms with Crippen molar-refractivity contribution in [3.8, 4) is 12.3 Å². The van der Waals surface area contributed by atoms with Crippen LogP contribution in [0, 0.1) is 12.3 Å². The third kappa shape index (κ3) is 7.88. The lowest BCUT2D eigenvalue weighted by Crippen LogP contribution is -2.42. The van der Waals surface area contributed by atoms with Crippen molar-refractivity contribution >= 4 is 17.5 Å². The minimum Gasteiger partial charge on any atom is -0.484 e. The van der Waals surface area contributed by atoms with Gasteiger partial charge in [0.1, 0.15) is 11.5 Å². The SMILES string of the molecule is C#C/C=C\C(=C/C)OCC(=O)NC(CC(C)=O)C(C)=O. The molecule has 0 heterocycles. The molecule has 108 valence electrons. The van der Waals surface area contributed by atoms with E-state index in [4.69, 9.17) is 11.2 Å². The van der Waals surface area contributed by atoms with Gasteiger partial charge >= 0.3 is 0 Å². The first-order valence-corrected chi connectivity index (χ1v) is 6.11. The number of carbonyl (C=O) groups is 3. The average Bonchev–Trinajstić information content (AvgIpc) is 2.37. The van der Waals surface area contributed by atoms with Crippen molar-refractivity contribution in [3.63, 3.8) is 0 Å². The lowest BCUT2D eigenvalue weighted by molar-refractivity contribution is -0.130. The second-order valence-corrected chi connectivity index (χ2v) is 4.12. The molecule has 5 heteroatoms. The summed E-state index contributed by atoms with van der Waals surface area (Å²) in [6, 6.07) is -0.807. The summed E-state index contributed by atoms with van der Waals surface area (Å²) in [6.07, 6.45) is 9.69. The van der Waals surface area contributed by atoms with Crippen molar-refractivity contribution in [2.24, 2.45) is 0 Å². The summed E-state index contributed by atoms with van der Waals surface area (Å²) in [7, 11) is 0. The summed E-state index contributed by atoms with van der Waals surface area (Å²) in [6.45, 7) is 4.17. The molecule has 0 aliphatic rings. The number of nitrogens with one attached hydrogen (secondary N) is 1. The summed E-state index contributed by atoms with van der Waals surface area (Å²) in [5, 5.41) is 2.46. The first-order valence-electron chi connectivity index (χ1n) is 6.11. The second-order valence-electron chi connectivity index (χ2n) is 4.12. The van der Waals surface area contributed by atoms with Gasteiger partial charge in [0.25, 0.3) is 5.91 Å². The van der Waals surface area contributed by atoms with E-state index < -0.39 is 11.9 Å². The van der Waals surface area contributed by atoms with Crippen LogP contribution in [0.25, 0.3) is 0 Å². The largest absolute Gasteiger partial charge is 0.484 e. The number of rotatable bonds is 8. The molecule has 0 saturated carbocycles. The highest BCUT2D eigenvalue weighted by molar-refractivity contribution is 5.92. The van der Waals surface area contributed by atoms with Crippen molar-refractivity contribution in [1.29, 1.82) is 0 Å². The van der Waals surface area contributed by atoms with Gasteiger partial charge in [-0.25, -0.2) is 0 Å². The number of terminal acetylenes is 1. The minimum atomic E-state index is -0.807. The van der Waals surface area contributed by atoms with Gasteiger partial charge < -0.3 is 10.1 Å². The topological polar surface area (TPSA) is 72.5 Å². The predicted molar refractivity (Wildman–Crippen MR) is 75.6 cm³/mol. The molecule has 0 aromatic carbocycles. The lowest BCUT2D eigenvalue weighted by Gasteiger charge is -2.14. The van der Waals surface area contributed by atoms with Gasteiger partial charge in [0.05, 0.1) is 6.04 Å². The van der Waals surface area contributed by atoms with Crippen LogP contribution in [0.2, 0.25) is 0 Å². The molecule has 0 saturated heterocycles. The van der Waals surface area contributed by atoms with Crippen LogP contribution >= 0.6 is 0 Å². The molecule has 20 heavy (non-hydrogen) atoms. The van der Waals surface area contributed by atoms with Gasteiger partial charge in [0.15, 0.2) is 12.4 Å². The number of hydrogen-bond acceptors (Lipinski definition) is 4. The van der Waals surface area contributed by atoms with E-state index in [0.29, 0.717) is 5.76 Å². The Morgan fingerprint density at radius 2 is 2.00 bits per heavy atom. The molecule has 0 aromatic rings. The van der Waals surface area contributed by atoms with Gasteiger partial charge in [-0.1, -0.05) is 5.92 Å². The Labute approximate surface area is 119 Å². The molecule has 5 nitrogen and oxygen atoms in total. The molecule has 1 atom stereocenters. The van der Waals surface area contributed by atoms with Gasteiger partial charge in [-0.05, 0) is 39.0 Å². The van der Waals surface area contributed by atoms with Crippen LogP contribution in [0.5, 0.6) is 0 Å². The number of ether oxygens (including phenoxy) is 1. The van der Waals surface area contributed by atoms with E-state index in [1.54, 1.807) is 19.1 Å². The van der Waals surface area contributed by atoms with Crippen LogP contribution in [-0.2, 0) is 19.1 Å². The summed E-state index contributed by atoms with van der Waals surface area (Å²) in [5.74, 6) is 1.84. The number of allylic oxidation sites excluding steroid dienone is 3. The number of hydrogen-bond donors (Lipinski definition) is 1. The Hall–Kier alpha value is -2.35. The van der Waals surface area contributed by atoms with Gasteiger partial charge in [-0.3, -0.25) is 14.4 Å². The van der Waals surface area contributed by atoms with Crippen molar-refractivity contribution in [2.75, 3.05) is 6.61 Å². The normalized spacial score (nSPS) is 12.6. The minimum absolute atomic E-state index is 0.0193. The highest BCUT2D eigenvalue weighted by atomic mass is 16.5. The fraction of sp³-hybridized carbons (Fsp3) is 0.400. The molecule has 0 spiro atoms. The van der Waals surface area contributed by atoms with Crippen molar-refractivity contribution in [1.82, 2.24) is 5.32 Å². The first-order chi connectivity index (χ1) is 9.40. The maximum atomic E-state index is 11.6. The molecule has 0 aliphatic heterocycles. The highest BCUT2D eigenvalue weighted by Gasteiger charge is 2.18. The van der Waals surface area contributed by atoms with Gasteiger partial charge in [0, 0.05) is 6.42 Å². The Kier molecular flexibility index (Phi) is 8.44. The molecule has 1 amide bonds. The maximum Gasteiger partial charge on any atom is 0.258 e. The molecular formula is C15H19NO4. The van der Waals surface area contributed by atoms with Crippen molar-refractivity contribution in [3.05, 3.63) is 24.0 Å². The fourth-order valence-electron chi connectivity index (χ4n) is 1.33. The molecule has 0 fully saturated rings. The van der Waals surface area contributed by atoms with Crippen LogP contribution in [0.4, 0.5) is 0 Å². The smallest absolute Gasteiger partial charge is 0.258 e. The second kappa shape index (κ2) is 9.56. The van der Waals surface area contributed by atoms with Crippen LogP contribution in [0.15, 0.2) is 24.0 Å². The van der Waals surface area contributed by atoms with Crippen molar-refractivity contribution < 1.29 is 19.1 Å². The molecule has 0 aromatic heterocycles. The molecule has 0 rings (SSSR count). The molecule has 1 N–H and O–H groups in total. The van der Waals surface area contributed by atoms with E-state index in [-0.39, 0.29) is 24.6 Å². The van der Waals surface area contributed by atoms with E-state index >= 15 is 0 Å². The van der Waals surface area contributed by atoms with Gasteiger partial charge in [-0.2, -0.15) is 0 Å². The summed E-state index contributed by atoms with van der Waals surface area (Å²) >= 11 is 0. The van der Waals surface area contributed by atoms with Crippen LogP contribution in [-0.4, -0.2) is 30.1 Å². The summed E-state index contributed by atoms with van der Waals surface area (Å²) in [5.41, 5.74) is 0. The Morgan fingerprint density at radius 3 is 2.45 bits per heavy atom. The quantitative estimate of drug-likeness (QED) is 0.410. The fourth-order valence-corrected chi connectivity index (χ4v) is 1.33.